The Bertz CT molecular complexity index is 589. The van der Waals surface area contributed by atoms with Gasteiger partial charge >= 0.3 is 0 Å². The molecule has 1 atom stereocenters. The van der Waals surface area contributed by atoms with Crippen LogP contribution < -0.4 is 11.1 Å². The second kappa shape index (κ2) is 4.73. The smallest absolute Gasteiger partial charge is 0.178 e. The third-order valence-corrected chi connectivity index (χ3v) is 5.18. The Kier molecular flexibility index (Phi) is 3.44. The number of hydrogen-bond acceptors (Lipinski definition) is 4. The summed E-state index contributed by atoms with van der Waals surface area (Å²) in [6.45, 7) is 0.687. The summed E-state index contributed by atoms with van der Waals surface area (Å²) >= 11 is 0. The molecule has 1 aliphatic rings. The average Bonchev–Trinajstić information content (AvgIpc) is 2.39. The Morgan fingerprint density at radius 1 is 1.44 bits per heavy atom. The molecule has 1 aromatic carbocycles. The lowest BCUT2D eigenvalue weighted by molar-refractivity contribution is 0.333. The van der Waals surface area contributed by atoms with Crippen LogP contribution in [0.3, 0.4) is 0 Å². The Hall–Kier alpha value is -1.35. The topological polar surface area (TPSA) is 72.2 Å². The fourth-order valence-electron chi connectivity index (χ4n) is 2.37. The van der Waals surface area contributed by atoms with Gasteiger partial charge in [0.1, 0.15) is 0 Å². The molecule has 0 aromatic heterocycles. The standard InChI is InChI=1S/C13H16N2O2S/c1-2-8-15-13(10-14)7-9-18(16,17)12-6-4-3-5-11(12)13/h1,3-6,15H,7-10,14H2. The summed E-state index contributed by atoms with van der Waals surface area (Å²) in [7, 11) is -3.20. The molecule has 0 spiro atoms. The highest BCUT2D eigenvalue weighted by Gasteiger charge is 2.40. The molecule has 0 amide bonds. The maximum Gasteiger partial charge on any atom is 0.178 e. The quantitative estimate of drug-likeness (QED) is 0.767. The molecule has 2 rings (SSSR count). The lowest BCUT2D eigenvalue weighted by Gasteiger charge is -2.38. The molecule has 3 N–H and O–H groups in total. The molecule has 0 fully saturated rings. The number of terminal acetylenes is 1. The van der Waals surface area contributed by atoms with E-state index in [0.29, 0.717) is 24.4 Å². The van der Waals surface area contributed by atoms with E-state index in [1.807, 2.05) is 12.1 Å². The van der Waals surface area contributed by atoms with Crippen molar-refractivity contribution < 1.29 is 8.42 Å². The number of nitrogens with two attached hydrogens (primary N) is 1. The highest BCUT2D eigenvalue weighted by Crippen LogP contribution is 2.36. The molecule has 4 nitrogen and oxygen atoms in total. The van der Waals surface area contributed by atoms with Gasteiger partial charge in [-0.25, -0.2) is 8.42 Å². The Balaban J connectivity index is 2.56. The molecule has 1 heterocycles. The van der Waals surface area contributed by atoms with Crippen LogP contribution in [0.5, 0.6) is 0 Å². The lowest BCUT2D eigenvalue weighted by Crippen LogP contribution is -2.52. The summed E-state index contributed by atoms with van der Waals surface area (Å²) in [4.78, 5) is 0.367. The second-order valence-corrected chi connectivity index (χ2v) is 6.49. The Labute approximate surface area is 107 Å². The van der Waals surface area contributed by atoms with Crippen LogP contribution in [0.15, 0.2) is 29.2 Å². The number of nitrogens with one attached hydrogen (secondary N) is 1. The maximum absolute atomic E-state index is 12.0. The first kappa shape index (κ1) is 13.1. The van der Waals surface area contributed by atoms with Gasteiger partial charge in [0, 0.05) is 6.54 Å². The minimum Gasteiger partial charge on any atom is -0.328 e. The molecular weight excluding hydrogens is 248 g/mol. The summed E-state index contributed by atoms with van der Waals surface area (Å²) in [6, 6.07) is 6.99. The molecule has 0 saturated carbocycles. The predicted octanol–water partition coefficient (Wildman–Crippen LogP) is 0.241. The van der Waals surface area contributed by atoms with Crippen LogP contribution in [0.4, 0.5) is 0 Å². The average molecular weight is 264 g/mol. The van der Waals surface area contributed by atoms with Gasteiger partial charge in [0.2, 0.25) is 0 Å². The maximum atomic E-state index is 12.0. The molecule has 0 radical (unpaired) electrons. The molecule has 1 aromatic rings. The normalized spacial score (nSPS) is 25.1. The first-order chi connectivity index (χ1) is 8.56. The van der Waals surface area contributed by atoms with E-state index in [4.69, 9.17) is 12.2 Å². The molecule has 0 bridgehead atoms. The minimum atomic E-state index is -3.20. The summed E-state index contributed by atoms with van der Waals surface area (Å²) in [6.07, 6.45) is 5.71. The van der Waals surface area contributed by atoms with Crippen molar-refractivity contribution in [3.05, 3.63) is 29.8 Å². The van der Waals surface area contributed by atoms with Crippen LogP contribution in [-0.2, 0) is 15.4 Å². The van der Waals surface area contributed by atoms with Crippen LogP contribution in [0.2, 0.25) is 0 Å². The van der Waals surface area contributed by atoms with Crippen LogP contribution in [0.1, 0.15) is 12.0 Å². The van der Waals surface area contributed by atoms with Crippen molar-refractivity contribution in [1.82, 2.24) is 5.32 Å². The van der Waals surface area contributed by atoms with Crippen molar-refractivity contribution >= 4 is 9.84 Å². The summed E-state index contributed by atoms with van der Waals surface area (Å²) < 4.78 is 24.1. The lowest BCUT2D eigenvalue weighted by atomic mass is 9.86. The molecule has 18 heavy (non-hydrogen) atoms. The van der Waals surface area contributed by atoms with Gasteiger partial charge in [-0.05, 0) is 18.1 Å². The van der Waals surface area contributed by atoms with Crippen molar-refractivity contribution in [2.75, 3.05) is 18.8 Å². The zero-order valence-corrected chi connectivity index (χ0v) is 10.8. The molecular formula is C13H16N2O2S. The van der Waals surface area contributed by atoms with Crippen molar-refractivity contribution in [2.45, 2.75) is 16.9 Å². The van der Waals surface area contributed by atoms with Crippen LogP contribution >= 0.6 is 0 Å². The SMILES string of the molecule is C#CCNC1(CN)CCS(=O)(=O)c2ccccc21. The first-order valence-electron chi connectivity index (χ1n) is 5.76. The van der Waals surface area contributed by atoms with Gasteiger partial charge in [-0.3, -0.25) is 5.32 Å². The number of hydrogen-bond donors (Lipinski definition) is 2. The van der Waals surface area contributed by atoms with Gasteiger partial charge in [-0.2, -0.15) is 0 Å². The van der Waals surface area contributed by atoms with Gasteiger partial charge in [0.25, 0.3) is 0 Å². The largest absolute Gasteiger partial charge is 0.328 e. The van der Waals surface area contributed by atoms with Crippen LogP contribution in [0.25, 0.3) is 0 Å². The zero-order chi connectivity index (χ0) is 13.2. The van der Waals surface area contributed by atoms with E-state index in [-0.39, 0.29) is 5.75 Å². The van der Waals surface area contributed by atoms with E-state index in [1.54, 1.807) is 12.1 Å². The summed E-state index contributed by atoms with van der Waals surface area (Å²) in [5, 5.41) is 3.20. The van der Waals surface area contributed by atoms with Gasteiger partial charge < -0.3 is 5.73 Å². The van der Waals surface area contributed by atoms with Gasteiger partial charge in [0.05, 0.1) is 22.7 Å². The number of fused-ring (bicyclic) bond motifs is 1. The zero-order valence-electron chi connectivity index (χ0n) is 10.0. The Morgan fingerprint density at radius 2 is 2.17 bits per heavy atom. The van der Waals surface area contributed by atoms with Crippen molar-refractivity contribution in [3.8, 4) is 12.3 Å². The molecule has 96 valence electrons. The molecule has 0 saturated heterocycles. The van der Waals surface area contributed by atoms with E-state index in [1.165, 1.54) is 0 Å². The fourth-order valence-corrected chi connectivity index (χ4v) is 4.10. The van der Waals surface area contributed by atoms with Crippen molar-refractivity contribution in [1.29, 1.82) is 0 Å². The number of sulfone groups is 1. The second-order valence-electron chi connectivity index (χ2n) is 4.41. The fraction of sp³-hybridized carbons (Fsp3) is 0.385. The molecule has 1 unspecified atom stereocenters. The monoisotopic (exact) mass is 264 g/mol. The van der Waals surface area contributed by atoms with E-state index in [2.05, 4.69) is 11.2 Å². The van der Waals surface area contributed by atoms with Gasteiger partial charge in [0.15, 0.2) is 9.84 Å². The highest BCUT2D eigenvalue weighted by atomic mass is 32.2. The first-order valence-corrected chi connectivity index (χ1v) is 7.42. The van der Waals surface area contributed by atoms with Crippen molar-refractivity contribution in [3.63, 3.8) is 0 Å². The number of rotatable bonds is 3. The minimum absolute atomic E-state index is 0.0960. The summed E-state index contributed by atoms with van der Waals surface area (Å²) in [5.41, 5.74) is 6.05. The molecule has 5 heteroatoms. The third-order valence-electron chi connectivity index (χ3n) is 3.41. The van der Waals surface area contributed by atoms with E-state index >= 15 is 0 Å². The molecule has 1 aliphatic heterocycles. The van der Waals surface area contributed by atoms with E-state index in [9.17, 15) is 8.42 Å². The Morgan fingerprint density at radius 3 is 2.83 bits per heavy atom. The van der Waals surface area contributed by atoms with Crippen LogP contribution in [-0.4, -0.2) is 27.3 Å². The highest BCUT2D eigenvalue weighted by molar-refractivity contribution is 7.91. The van der Waals surface area contributed by atoms with Gasteiger partial charge in [-0.15, -0.1) is 6.42 Å². The predicted molar refractivity (Wildman–Crippen MR) is 70.7 cm³/mol. The number of benzene rings is 1. The summed E-state index contributed by atoms with van der Waals surface area (Å²) in [5.74, 6) is 2.61. The van der Waals surface area contributed by atoms with Crippen molar-refractivity contribution in [2.24, 2.45) is 5.73 Å². The van der Waals surface area contributed by atoms with E-state index < -0.39 is 15.4 Å². The van der Waals surface area contributed by atoms with Gasteiger partial charge in [-0.1, -0.05) is 24.1 Å². The van der Waals surface area contributed by atoms with E-state index in [0.717, 1.165) is 5.56 Å². The van der Waals surface area contributed by atoms with Crippen LogP contribution in [0, 0.1) is 12.3 Å². The third kappa shape index (κ3) is 2.03. The molecule has 0 aliphatic carbocycles.